The number of nitrogens with one attached hydrogen (secondary N) is 1. The van der Waals surface area contributed by atoms with Gasteiger partial charge >= 0.3 is 0 Å². The van der Waals surface area contributed by atoms with Crippen LogP contribution in [0.25, 0.3) is 0 Å². The maximum Gasteiger partial charge on any atom is 0.225 e. The van der Waals surface area contributed by atoms with Gasteiger partial charge in [0.1, 0.15) is 0 Å². The van der Waals surface area contributed by atoms with E-state index in [-0.39, 0.29) is 23.0 Å². The van der Waals surface area contributed by atoms with Crippen LogP contribution in [0.15, 0.2) is 56.3 Å². The molecule has 0 aliphatic heterocycles. The molecule has 0 spiro atoms. The zero-order chi connectivity index (χ0) is 17.0. The monoisotopic (exact) mass is 479 g/mol. The predicted molar refractivity (Wildman–Crippen MR) is 98.6 cm³/mol. The summed E-state index contributed by atoms with van der Waals surface area (Å²) in [6, 6.07) is 11.2. The lowest BCUT2D eigenvalue weighted by molar-refractivity contribution is -0.115. The summed E-state index contributed by atoms with van der Waals surface area (Å²) >= 11 is 12.4. The summed E-state index contributed by atoms with van der Waals surface area (Å²) in [5.74, 6) is -0.639. The number of amides is 1. The second-order valence-electron chi connectivity index (χ2n) is 4.70. The van der Waals surface area contributed by atoms with Crippen molar-refractivity contribution in [1.82, 2.24) is 0 Å². The molecule has 0 aliphatic carbocycles. The predicted octanol–water partition coefficient (Wildman–Crippen LogP) is 4.67. The molecule has 0 aliphatic rings. The molecule has 2 aromatic carbocycles. The molecule has 0 heterocycles. The smallest absolute Gasteiger partial charge is 0.225 e. The summed E-state index contributed by atoms with van der Waals surface area (Å²) in [6.45, 7) is 0. The summed E-state index contributed by atoms with van der Waals surface area (Å²) in [7, 11) is -3.52. The summed E-state index contributed by atoms with van der Waals surface area (Å²) in [4.78, 5) is 12.1. The van der Waals surface area contributed by atoms with Crippen molar-refractivity contribution < 1.29 is 13.2 Å². The van der Waals surface area contributed by atoms with Crippen molar-refractivity contribution in [1.29, 1.82) is 0 Å². The molecule has 0 radical (unpaired) electrons. The van der Waals surface area contributed by atoms with E-state index in [1.54, 1.807) is 18.2 Å². The van der Waals surface area contributed by atoms with E-state index in [0.29, 0.717) is 15.2 Å². The van der Waals surface area contributed by atoms with Gasteiger partial charge in [0.05, 0.1) is 16.3 Å². The van der Waals surface area contributed by atoms with Gasteiger partial charge in [-0.05, 0) is 58.4 Å². The molecule has 2 aromatic rings. The van der Waals surface area contributed by atoms with Gasteiger partial charge in [0, 0.05) is 20.4 Å². The highest BCUT2D eigenvalue weighted by molar-refractivity contribution is 9.11. The maximum atomic E-state index is 12.2. The quantitative estimate of drug-likeness (QED) is 0.675. The van der Waals surface area contributed by atoms with Crippen LogP contribution in [-0.2, 0) is 14.6 Å². The number of rotatable bonds is 5. The minimum atomic E-state index is -3.52. The third kappa shape index (κ3) is 5.31. The van der Waals surface area contributed by atoms with Crippen molar-refractivity contribution in [2.45, 2.75) is 11.3 Å². The van der Waals surface area contributed by atoms with Crippen LogP contribution in [0.5, 0.6) is 0 Å². The first kappa shape index (κ1) is 18.4. The number of anilines is 1. The molecule has 0 saturated carbocycles. The molecule has 23 heavy (non-hydrogen) atoms. The van der Waals surface area contributed by atoms with Crippen molar-refractivity contribution >= 4 is 64.9 Å². The third-order valence-electron chi connectivity index (χ3n) is 2.98. The van der Waals surface area contributed by atoms with E-state index in [1.165, 1.54) is 24.3 Å². The Labute approximate surface area is 156 Å². The normalized spacial score (nSPS) is 11.3. The average molecular weight is 482 g/mol. The van der Waals surface area contributed by atoms with Gasteiger partial charge < -0.3 is 5.32 Å². The Balaban J connectivity index is 1.99. The first-order valence-corrected chi connectivity index (χ1v) is 10.1. The van der Waals surface area contributed by atoms with Crippen LogP contribution >= 0.6 is 43.5 Å². The Morgan fingerprint density at radius 3 is 2.35 bits per heavy atom. The van der Waals surface area contributed by atoms with Crippen LogP contribution in [0.2, 0.25) is 5.02 Å². The first-order chi connectivity index (χ1) is 10.8. The van der Waals surface area contributed by atoms with Gasteiger partial charge in [-0.1, -0.05) is 27.5 Å². The van der Waals surface area contributed by atoms with E-state index in [4.69, 9.17) is 11.6 Å². The molecular weight excluding hydrogens is 469 g/mol. The summed E-state index contributed by atoms with van der Waals surface area (Å²) in [5.41, 5.74) is 0.585. The minimum absolute atomic E-state index is 0.131. The van der Waals surface area contributed by atoms with Gasteiger partial charge in [0.2, 0.25) is 5.91 Å². The molecule has 122 valence electrons. The summed E-state index contributed by atoms with van der Waals surface area (Å²) in [5, 5.41) is 3.14. The standard InChI is InChI=1S/C15H12Br2ClNO3S/c16-10-1-6-14(13(17)9-10)19-15(20)7-8-23(21,22)12-4-2-11(18)3-5-12/h1-6,9H,7-8H2,(H,19,20). The second kappa shape index (κ2) is 7.79. The molecule has 8 heteroatoms. The fourth-order valence-corrected chi connectivity index (χ4v) is 4.30. The molecule has 2 rings (SSSR count). The van der Waals surface area contributed by atoms with Gasteiger partial charge in [-0.2, -0.15) is 0 Å². The van der Waals surface area contributed by atoms with Gasteiger partial charge in [-0.3, -0.25) is 4.79 Å². The Morgan fingerprint density at radius 1 is 1.09 bits per heavy atom. The van der Waals surface area contributed by atoms with E-state index in [1.807, 2.05) is 0 Å². The number of carbonyl (C=O) groups is 1. The molecule has 0 atom stereocenters. The largest absolute Gasteiger partial charge is 0.325 e. The fraction of sp³-hybridized carbons (Fsp3) is 0.133. The summed E-state index contributed by atoms with van der Waals surface area (Å²) in [6.07, 6.45) is -0.131. The third-order valence-corrected chi connectivity index (χ3v) is 6.11. The zero-order valence-electron chi connectivity index (χ0n) is 11.7. The van der Waals surface area contributed by atoms with Crippen LogP contribution < -0.4 is 5.32 Å². The van der Waals surface area contributed by atoms with Crippen molar-refractivity contribution in [2.75, 3.05) is 11.1 Å². The number of carbonyl (C=O) groups excluding carboxylic acids is 1. The Hall–Kier alpha value is -0.890. The minimum Gasteiger partial charge on any atom is -0.325 e. The lowest BCUT2D eigenvalue weighted by Crippen LogP contribution is -2.17. The van der Waals surface area contributed by atoms with Crippen LogP contribution in [-0.4, -0.2) is 20.1 Å². The molecule has 0 bridgehead atoms. The number of benzene rings is 2. The second-order valence-corrected chi connectivity index (χ2v) is 9.01. The molecule has 0 fully saturated rings. The van der Waals surface area contributed by atoms with E-state index in [0.717, 1.165) is 4.47 Å². The zero-order valence-corrected chi connectivity index (χ0v) is 16.5. The van der Waals surface area contributed by atoms with Crippen LogP contribution in [0, 0.1) is 0 Å². The highest BCUT2D eigenvalue weighted by Crippen LogP contribution is 2.26. The Kier molecular flexibility index (Phi) is 6.25. The van der Waals surface area contributed by atoms with Crippen LogP contribution in [0.1, 0.15) is 6.42 Å². The summed E-state index contributed by atoms with van der Waals surface area (Å²) < 4.78 is 25.9. The number of hydrogen-bond donors (Lipinski definition) is 1. The lowest BCUT2D eigenvalue weighted by atomic mass is 10.3. The van der Waals surface area contributed by atoms with E-state index < -0.39 is 9.84 Å². The van der Waals surface area contributed by atoms with Crippen molar-refractivity contribution in [3.05, 3.63) is 56.4 Å². The topological polar surface area (TPSA) is 63.2 Å². The highest BCUT2D eigenvalue weighted by atomic mass is 79.9. The molecule has 0 aromatic heterocycles. The van der Waals surface area contributed by atoms with Crippen molar-refractivity contribution in [3.63, 3.8) is 0 Å². The molecular formula is C15H12Br2ClNO3S. The maximum absolute atomic E-state index is 12.2. The average Bonchev–Trinajstić information content (AvgIpc) is 2.49. The highest BCUT2D eigenvalue weighted by Gasteiger charge is 2.17. The number of hydrogen-bond acceptors (Lipinski definition) is 3. The van der Waals surface area contributed by atoms with Crippen molar-refractivity contribution in [3.8, 4) is 0 Å². The molecule has 0 saturated heterocycles. The van der Waals surface area contributed by atoms with E-state index in [2.05, 4.69) is 37.2 Å². The molecule has 0 unspecified atom stereocenters. The van der Waals surface area contributed by atoms with Crippen LogP contribution in [0.3, 0.4) is 0 Å². The van der Waals surface area contributed by atoms with Gasteiger partial charge in [-0.15, -0.1) is 0 Å². The number of halogens is 3. The van der Waals surface area contributed by atoms with Gasteiger partial charge in [-0.25, -0.2) is 8.42 Å². The van der Waals surface area contributed by atoms with Gasteiger partial charge in [0.25, 0.3) is 0 Å². The fourth-order valence-electron chi connectivity index (χ4n) is 1.79. The lowest BCUT2D eigenvalue weighted by Gasteiger charge is -2.08. The van der Waals surface area contributed by atoms with Gasteiger partial charge in [0.15, 0.2) is 9.84 Å². The Bertz CT molecular complexity index is 823. The SMILES string of the molecule is O=C(CCS(=O)(=O)c1ccc(Cl)cc1)Nc1ccc(Br)cc1Br. The molecule has 4 nitrogen and oxygen atoms in total. The van der Waals surface area contributed by atoms with E-state index in [9.17, 15) is 13.2 Å². The first-order valence-electron chi connectivity index (χ1n) is 6.51. The molecule has 1 N–H and O–H groups in total. The number of sulfone groups is 1. The van der Waals surface area contributed by atoms with E-state index >= 15 is 0 Å². The van der Waals surface area contributed by atoms with Crippen molar-refractivity contribution in [2.24, 2.45) is 0 Å². The van der Waals surface area contributed by atoms with Crippen LogP contribution in [0.4, 0.5) is 5.69 Å². The Morgan fingerprint density at radius 2 is 1.74 bits per heavy atom. The molecule has 1 amide bonds.